The lowest BCUT2D eigenvalue weighted by molar-refractivity contribution is -0.139. The number of ether oxygens (including phenoxy) is 1. The lowest BCUT2D eigenvalue weighted by Crippen LogP contribution is -2.59. The molecule has 0 unspecified atom stereocenters. The third kappa shape index (κ3) is 5.29. The maximum atomic E-state index is 13.3. The molecular formula is C21H29F4N3O2. The van der Waals surface area contributed by atoms with E-state index < -0.39 is 23.1 Å². The number of alkyl halides is 3. The van der Waals surface area contributed by atoms with E-state index in [-0.39, 0.29) is 17.5 Å². The lowest BCUT2D eigenvalue weighted by atomic mass is 9.78. The fourth-order valence-corrected chi connectivity index (χ4v) is 4.69. The summed E-state index contributed by atoms with van der Waals surface area (Å²) < 4.78 is 58.5. The number of carbonyl (C=O) groups excluding carboxylic acids is 1. The second-order valence-corrected chi connectivity index (χ2v) is 8.29. The van der Waals surface area contributed by atoms with Crippen LogP contribution < -0.4 is 10.6 Å². The number of carbonyl (C=O) groups is 1. The van der Waals surface area contributed by atoms with Crippen LogP contribution in [0.3, 0.4) is 0 Å². The molecule has 0 atom stereocenters. The zero-order valence-corrected chi connectivity index (χ0v) is 17.2. The van der Waals surface area contributed by atoms with E-state index in [1.54, 1.807) is 7.05 Å². The van der Waals surface area contributed by atoms with Gasteiger partial charge in [-0.3, -0.25) is 9.78 Å². The number of nitrogens with one attached hydrogen (secondary N) is 2. The molecule has 1 aromatic heterocycles. The third-order valence-corrected chi connectivity index (χ3v) is 6.45. The van der Waals surface area contributed by atoms with Crippen LogP contribution in [0.25, 0.3) is 0 Å². The second-order valence-electron chi connectivity index (χ2n) is 8.29. The molecule has 3 rings (SSSR count). The first-order chi connectivity index (χ1) is 14.2. The Labute approximate surface area is 174 Å². The molecule has 1 aromatic rings. The van der Waals surface area contributed by atoms with Gasteiger partial charge in [-0.2, -0.15) is 13.2 Å². The van der Waals surface area contributed by atoms with Crippen LogP contribution in [-0.4, -0.2) is 43.2 Å². The normalized spacial score (nSPS) is 24.4. The number of halogens is 4. The van der Waals surface area contributed by atoms with Crippen molar-refractivity contribution >= 4 is 5.91 Å². The molecule has 1 saturated heterocycles. The van der Waals surface area contributed by atoms with Gasteiger partial charge in [0.05, 0.1) is 17.5 Å². The van der Waals surface area contributed by atoms with Gasteiger partial charge >= 0.3 is 6.18 Å². The van der Waals surface area contributed by atoms with E-state index in [9.17, 15) is 22.4 Å². The molecule has 30 heavy (non-hydrogen) atoms. The number of likely N-dealkylation sites (N-methyl/N-ethyl adjacent to an activating group) is 1. The Morgan fingerprint density at radius 2 is 1.90 bits per heavy atom. The van der Waals surface area contributed by atoms with Crippen molar-refractivity contribution in [2.24, 2.45) is 5.92 Å². The van der Waals surface area contributed by atoms with Crippen molar-refractivity contribution in [2.75, 3.05) is 26.8 Å². The van der Waals surface area contributed by atoms with Crippen LogP contribution >= 0.6 is 0 Å². The fraction of sp³-hybridized carbons (Fsp3) is 0.714. The van der Waals surface area contributed by atoms with Crippen LogP contribution in [0.2, 0.25) is 0 Å². The molecule has 1 aliphatic carbocycles. The summed E-state index contributed by atoms with van der Waals surface area (Å²) in [5.74, 6) is -0.926. The minimum Gasteiger partial charge on any atom is -0.381 e. The van der Waals surface area contributed by atoms with Crippen molar-refractivity contribution in [3.05, 3.63) is 29.3 Å². The van der Waals surface area contributed by atoms with Crippen molar-refractivity contribution in [2.45, 2.75) is 62.6 Å². The Morgan fingerprint density at radius 1 is 1.23 bits per heavy atom. The highest BCUT2D eigenvalue weighted by atomic mass is 19.4. The first kappa shape index (κ1) is 22.9. The third-order valence-electron chi connectivity index (χ3n) is 6.45. The highest BCUT2D eigenvalue weighted by Crippen LogP contribution is 2.41. The van der Waals surface area contributed by atoms with Crippen LogP contribution in [0.4, 0.5) is 17.6 Å². The molecule has 1 aliphatic heterocycles. The number of amides is 1. The van der Waals surface area contributed by atoms with Crippen LogP contribution in [0.15, 0.2) is 12.3 Å². The SMILES string of the molecule is CNC(=O)C1(NCCC2CCC(c3ncc(F)cc3C(F)(F)F)CC2)CCOCC1. The van der Waals surface area contributed by atoms with E-state index in [4.69, 9.17) is 4.74 Å². The molecule has 2 N–H and O–H groups in total. The Balaban J connectivity index is 1.54. The van der Waals surface area contributed by atoms with Gasteiger partial charge in [0.15, 0.2) is 0 Å². The Hall–Kier alpha value is -1.74. The molecule has 2 heterocycles. The first-order valence-corrected chi connectivity index (χ1v) is 10.5. The Kier molecular flexibility index (Phi) is 7.34. The summed E-state index contributed by atoms with van der Waals surface area (Å²) in [4.78, 5) is 16.1. The minimum atomic E-state index is -4.61. The molecule has 2 fully saturated rings. The van der Waals surface area contributed by atoms with E-state index in [0.29, 0.717) is 57.4 Å². The van der Waals surface area contributed by atoms with Crippen LogP contribution in [0, 0.1) is 11.7 Å². The number of hydrogen-bond donors (Lipinski definition) is 2. The van der Waals surface area contributed by atoms with Gasteiger partial charge in [-0.25, -0.2) is 4.39 Å². The molecular weight excluding hydrogens is 402 g/mol. The van der Waals surface area contributed by atoms with Gasteiger partial charge < -0.3 is 15.4 Å². The second kappa shape index (κ2) is 9.60. The van der Waals surface area contributed by atoms with E-state index in [2.05, 4.69) is 15.6 Å². The average Bonchev–Trinajstić information content (AvgIpc) is 2.74. The van der Waals surface area contributed by atoms with Gasteiger partial charge in [0, 0.05) is 26.2 Å². The molecule has 1 amide bonds. The van der Waals surface area contributed by atoms with E-state index in [1.807, 2.05) is 0 Å². The number of nitrogens with zero attached hydrogens (tertiary/aromatic N) is 1. The van der Waals surface area contributed by atoms with Gasteiger partial charge in [-0.15, -0.1) is 0 Å². The topological polar surface area (TPSA) is 63.2 Å². The van der Waals surface area contributed by atoms with Gasteiger partial charge in [0.25, 0.3) is 0 Å². The van der Waals surface area contributed by atoms with E-state index in [1.165, 1.54) is 0 Å². The van der Waals surface area contributed by atoms with E-state index >= 15 is 0 Å². The standard InChI is InChI=1S/C21H29F4N3O2/c1-26-19(29)20(7-10-30-11-8-20)28-9-6-14-2-4-15(5-3-14)18-17(21(23,24)25)12-16(22)13-27-18/h12-15,28H,2-11H2,1H3,(H,26,29). The molecule has 5 nitrogen and oxygen atoms in total. The van der Waals surface area contributed by atoms with Crippen LogP contribution in [0.1, 0.15) is 62.1 Å². The van der Waals surface area contributed by atoms with Crippen LogP contribution in [0.5, 0.6) is 0 Å². The van der Waals surface area contributed by atoms with Crippen molar-refractivity contribution in [3.63, 3.8) is 0 Å². The van der Waals surface area contributed by atoms with Gasteiger partial charge in [-0.05, 0) is 63.5 Å². The van der Waals surface area contributed by atoms with Gasteiger partial charge in [-0.1, -0.05) is 0 Å². The summed E-state index contributed by atoms with van der Waals surface area (Å²) in [5.41, 5.74) is -1.61. The molecule has 0 spiro atoms. The molecule has 2 aliphatic rings. The summed E-state index contributed by atoms with van der Waals surface area (Å²) >= 11 is 0. The average molecular weight is 431 g/mol. The monoisotopic (exact) mass is 431 g/mol. The smallest absolute Gasteiger partial charge is 0.381 e. The summed E-state index contributed by atoms with van der Waals surface area (Å²) in [7, 11) is 1.63. The molecule has 1 saturated carbocycles. The molecule has 9 heteroatoms. The maximum Gasteiger partial charge on any atom is 0.418 e. The predicted octanol–water partition coefficient (Wildman–Crippen LogP) is 3.79. The number of hydrogen-bond acceptors (Lipinski definition) is 4. The zero-order chi connectivity index (χ0) is 21.8. The zero-order valence-electron chi connectivity index (χ0n) is 17.2. The highest BCUT2D eigenvalue weighted by molar-refractivity contribution is 5.86. The van der Waals surface area contributed by atoms with Gasteiger partial charge in [0.1, 0.15) is 11.4 Å². The maximum absolute atomic E-state index is 13.3. The van der Waals surface area contributed by atoms with Crippen molar-refractivity contribution in [3.8, 4) is 0 Å². The van der Waals surface area contributed by atoms with Crippen molar-refractivity contribution < 1.29 is 27.1 Å². The van der Waals surface area contributed by atoms with Crippen molar-refractivity contribution in [1.29, 1.82) is 0 Å². The number of aromatic nitrogens is 1. The summed E-state index contributed by atoms with van der Waals surface area (Å²) in [6.07, 6.45) is 1.13. The Morgan fingerprint density at radius 3 is 2.50 bits per heavy atom. The lowest BCUT2D eigenvalue weighted by Gasteiger charge is -2.37. The quantitative estimate of drug-likeness (QED) is 0.673. The summed E-state index contributed by atoms with van der Waals surface area (Å²) in [5, 5.41) is 6.14. The molecule has 0 radical (unpaired) electrons. The summed E-state index contributed by atoms with van der Waals surface area (Å²) in [6.45, 7) is 1.75. The largest absolute Gasteiger partial charge is 0.418 e. The van der Waals surface area contributed by atoms with E-state index in [0.717, 1.165) is 25.5 Å². The predicted molar refractivity (Wildman–Crippen MR) is 103 cm³/mol. The summed E-state index contributed by atoms with van der Waals surface area (Å²) in [6, 6.07) is 0.546. The number of pyridine rings is 1. The highest BCUT2D eigenvalue weighted by Gasteiger charge is 2.40. The van der Waals surface area contributed by atoms with Crippen LogP contribution in [-0.2, 0) is 15.7 Å². The number of rotatable bonds is 6. The molecule has 0 bridgehead atoms. The van der Waals surface area contributed by atoms with Gasteiger partial charge in [0.2, 0.25) is 5.91 Å². The molecule has 168 valence electrons. The fourth-order valence-electron chi connectivity index (χ4n) is 4.69. The first-order valence-electron chi connectivity index (χ1n) is 10.5. The Bertz CT molecular complexity index is 727. The molecule has 0 aromatic carbocycles. The van der Waals surface area contributed by atoms with Crippen molar-refractivity contribution in [1.82, 2.24) is 15.6 Å². The minimum absolute atomic E-state index is 0.0310.